The second kappa shape index (κ2) is 8.46. The third-order valence-electron chi connectivity index (χ3n) is 2.71. The maximum absolute atomic E-state index is 6.50. The lowest BCUT2D eigenvalue weighted by molar-refractivity contribution is 0.941. The van der Waals surface area contributed by atoms with Gasteiger partial charge < -0.3 is 5.84 Å². The van der Waals surface area contributed by atoms with Crippen molar-refractivity contribution < 1.29 is 0 Å². The molecule has 0 amide bonds. The summed E-state index contributed by atoms with van der Waals surface area (Å²) in [5.41, 5.74) is 3.90. The molecule has 7 heteroatoms. The van der Waals surface area contributed by atoms with Crippen molar-refractivity contribution in [2.24, 2.45) is 10.9 Å². The number of aromatic nitrogens is 3. The maximum Gasteiger partial charge on any atom is 0.154 e. The van der Waals surface area contributed by atoms with Crippen LogP contribution in [0.15, 0.2) is 54.0 Å². The van der Waals surface area contributed by atoms with Crippen LogP contribution in [0.25, 0.3) is 16.8 Å². The highest BCUT2D eigenvalue weighted by molar-refractivity contribution is 5.80. The fraction of sp³-hybridized carbons (Fsp3) is 0. The van der Waals surface area contributed by atoms with Gasteiger partial charge in [0.05, 0.1) is 12.4 Å². The van der Waals surface area contributed by atoms with Crippen molar-refractivity contribution in [1.29, 1.82) is 10.5 Å². The average molecular weight is 291 g/mol. The molecule has 0 saturated heterocycles. The molecule has 3 rings (SSSR count). The molecule has 0 aliphatic carbocycles. The first-order chi connectivity index (χ1) is 10.9. The number of nitrogens with zero attached hydrogens (tertiary/aromatic N) is 6. The molecule has 0 fully saturated rings. The Morgan fingerprint density at radius 2 is 1.73 bits per heavy atom. The topological polar surface area (TPSA) is 116 Å². The first-order valence-electron chi connectivity index (χ1n) is 6.01. The van der Waals surface area contributed by atoms with Gasteiger partial charge in [0, 0.05) is 37.2 Å². The molecule has 0 radical (unpaired) electrons. The third-order valence-corrected chi connectivity index (χ3v) is 2.71. The van der Waals surface area contributed by atoms with E-state index in [1.54, 1.807) is 16.9 Å². The Labute approximate surface area is 127 Å². The van der Waals surface area contributed by atoms with E-state index in [0.717, 1.165) is 22.3 Å². The van der Waals surface area contributed by atoms with Crippen molar-refractivity contribution in [1.82, 2.24) is 14.6 Å². The van der Waals surface area contributed by atoms with Crippen LogP contribution in [-0.4, -0.2) is 20.8 Å². The van der Waals surface area contributed by atoms with E-state index in [1.807, 2.05) is 42.7 Å². The zero-order valence-corrected chi connectivity index (χ0v) is 11.6. The van der Waals surface area contributed by atoms with E-state index >= 15 is 0 Å². The first kappa shape index (κ1) is 16.3. The highest BCUT2D eigenvalue weighted by Gasteiger charge is 2.01. The van der Waals surface area contributed by atoms with Crippen molar-refractivity contribution in [3.63, 3.8) is 0 Å². The normalized spacial score (nSPS) is 9.45. The number of fused-ring (bicyclic) bond motifs is 1. The molecule has 0 unspecified atom stereocenters. The highest BCUT2D eigenvalue weighted by atomic mass is 15.2. The van der Waals surface area contributed by atoms with Crippen molar-refractivity contribution in [2.45, 2.75) is 0 Å². The number of nitriles is 2. The van der Waals surface area contributed by atoms with Crippen molar-refractivity contribution in [3.8, 4) is 24.3 Å². The minimum Gasteiger partial charge on any atom is -0.323 e. The van der Waals surface area contributed by atoms with Crippen LogP contribution in [0.4, 0.5) is 0 Å². The number of hydrazone groups is 1. The largest absolute Gasteiger partial charge is 0.323 e. The van der Waals surface area contributed by atoms with Crippen LogP contribution in [-0.2, 0) is 0 Å². The van der Waals surface area contributed by atoms with Crippen molar-refractivity contribution in [3.05, 3.63) is 54.5 Å². The molecule has 3 aromatic rings. The summed E-state index contributed by atoms with van der Waals surface area (Å²) in [4.78, 5) is 4.33. The van der Waals surface area contributed by atoms with Gasteiger partial charge in [0.25, 0.3) is 0 Å². The number of hydrogen-bond acceptors (Lipinski definition) is 6. The SMILES string of the molecule is C#N.C#N.NN=Cc1ccc(-c2cnc3ccnn3c2)cc1. The fourth-order valence-corrected chi connectivity index (χ4v) is 1.81. The Bertz CT molecular complexity index is 776. The maximum atomic E-state index is 6.50. The smallest absolute Gasteiger partial charge is 0.154 e. The monoisotopic (exact) mass is 291 g/mol. The summed E-state index contributed by atoms with van der Waals surface area (Å²) in [6, 6.07) is 9.79. The van der Waals surface area contributed by atoms with Crippen LogP contribution in [0.3, 0.4) is 0 Å². The van der Waals surface area contributed by atoms with E-state index in [1.165, 1.54) is 0 Å². The van der Waals surface area contributed by atoms with E-state index in [-0.39, 0.29) is 0 Å². The minimum absolute atomic E-state index is 0.839. The molecule has 2 heterocycles. The van der Waals surface area contributed by atoms with Gasteiger partial charge in [-0.1, -0.05) is 24.3 Å². The van der Waals surface area contributed by atoms with E-state index in [9.17, 15) is 0 Å². The molecule has 1 aromatic carbocycles. The lowest BCUT2D eigenvalue weighted by Crippen LogP contribution is -1.91. The number of rotatable bonds is 2. The summed E-state index contributed by atoms with van der Waals surface area (Å²) in [7, 11) is 0. The van der Waals surface area contributed by atoms with Gasteiger partial charge in [-0.3, -0.25) is 0 Å². The Morgan fingerprint density at radius 3 is 2.36 bits per heavy atom. The van der Waals surface area contributed by atoms with Crippen LogP contribution < -0.4 is 5.84 Å². The van der Waals surface area contributed by atoms with Gasteiger partial charge in [0.2, 0.25) is 0 Å². The predicted molar refractivity (Wildman–Crippen MR) is 83.5 cm³/mol. The van der Waals surface area contributed by atoms with Crippen molar-refractivity contribution >= 4 is 11.9 Å². The Balaban J connectivity index is 0.000000561. The lowest BCUT2D eigenvalue weighted by Gasteiger charge is -2.02. The second-order valence-corrected chi connectivity index (χ2v) is 3.88. The van der Waals surface area contributed by atoms with Gasteiger partial charge in [-0.15, -0.1) is 0 Å². The van der Waals surface area contributed by atoms with E-state index in [0.29, 0.717) is 0 Å². The summed E-state index contributed by atoms with van der Waals surface area (Å²) in [6.07, 6.45) is 7.13. The minimum atomic E-state index is 0.839. The summed E-state index contributed by atoms with van der Waals surface area (Å²) < 4.78 is 1.75. The molecule has 108 valence electrons. The molecule has 0 atom stereocenters. The molecule has 22 heavy (non-hydrogen) atoms. The summed E-state index contributed by atoms with van der Waals surface area (Å²) in [5.74, 6) is 5.11. The van der Waals surface area contributed by atoms with Gasteiger partial charge in [-0.05, 0) is 11.1 Å². The Hall–Kier alpha value is -3.71. The van der Waals surface area contributed by atoms with Gasteiger partial charge in [0.15, 0.2) is 5.65 Å². The molecule has 7 nitrogen and oxygen atoms in total. The molecular weight excluding hydrogens is 278 g/mol. The van der Waals surface area contributed by atoms with Crippen LogP contribution in [0.5, 0.6) is 0 Å². The predicted octanol–water partition coefficient (Wildman–Crippen LogP) is 1.97. The molecule has 0 saturated carbocycles. The van der Waals surface area contributed by atoms with Gasteiger partial charge in [-0.25, -0.2) is 20.0 Å². The van der Waals surface area contributed by atoms with E-state index in [4.69, 9.17) is 16.4 Å². The molecule has 0 spiro atoms. The second-order valence-electron chi connectivity index (χ2n) is 3.88. The standard InChI is InChI=1S/C13H11N5.2CHN/c14-16-7-10-1-3-11(4-2-10)12-8-15-13-5-6-17-18(13)9-12;2*1-2/h1-9H,14H2;2*1H. The molecule has 0 aliphatic heterocycles. The zero-order valence-electron chi connectivity index (χ0n) is 11.6. The molecule has 2 aromatic heterocycles. The van der Waals surface area contributed by atoms with E-state index < -0.39 is 0 Å². The van der Waals surface area contributed by atoms with E-state index in [2.05, 4.69) is 28.3 Å². The average Bonchev–Trinajstić information content (AvgIpc) is 3.07. The van der Waals surface area contributed by atoms with Gasteiger partial charge in [-0.2, -0.15) is 10.2 Å². The molecule has 0 bridgehead atoms. The first-order valence-corrected chi connectivity index (χ1v) is 6.01. The van der Waals surface area contributed by atoms with Crippen LogP contribution >= 0.6 is 0 Å². The lowest BCUT2D eigenvalue weighted by atomic mass is 10.1. The molecular formula is C15H13N7. The Morgan fingerprint density at radius 1 is 1.05 bits per heavy atom. The molecule has 2 N–H and O–H groups in total. The summed E-state index contributed by atoms with van der Waals surface area (Å²) in [6.45, 7) is 7.00. The quantitative estimate of drug-likeness (QED) is 0.440. The number of nitrogens with two attached hydrogens (primary N) is 1. The van der Waals surface area contributed by atoms with Gasteiger partial charge >= 0.3 is 0 Å². The van der Waals surface area contributed by atoms with Gasteiger partial charge in [0.1, 0.15) is 0 Å². The molecule has 0 aliphatic rings. The Kier molecular flexibility index (Phi) is 6.28. The number of benzene rings is 1. The van der Waals surface area contributed by atoms with Crippen molar-refractivity contribution in [2.75, 3.05) is 0 Å². The highest BCUT2D eigenvalue weighted by Crippen LogP contribution is 2.18. The summed E-state index contributed by atoms with van der Waals surface area (Å²) in [5, 5.41) is 20.7. The zero-order chi connectivity index (χ0) is 16.4. The number of hydrogen-bond donors (Lipinski definition) is 1. The van der Waals surface area contributed by atoms with Crippen LogP contribution in [0.2, 0.25) is 0 Å². The van der Waals surface area contributed by atoms with Crippen LogP contribution in [0, 0.1) is 23.7 Å². The summed E-state index contributed by atoms with van der Waals surface area (Å²) >= 11 is 0. The fourth-order valence-electron chi connectivity index (χ4n) is 1.81. The van der Waals surface area contributed by atoms with Crippen LogP contribution in [0.1, 0.15) is 5.56 Å². The third kappa shape index (κ3) is 3.65.